The first-order valence-corrected chi connectivity index (χ1v) is 11.0. The van der Waals surface area contributed by atoms with Crippen LogP contribution in [0.3, 0.4) is 0 Å². The van der Waals surface area contributed by atoms with Gasteiger partial charge < -0.3 is 14.8 Å². The van der Waals surface area contributed by atoms with E-state index in [0.29, 0.717) is 18.6 Å². The van der Waals surface area contributed by atoms with Gasteiger partial charge in [-0.1, -0.05) is 0 Å². The van der Waals surface area contributed by atoms with Crippen LogP contribution in [0.5, 0.6) is 5.75 Å². The number of rotatable bonds is 7. The van der Waals surface area contributed by atoms with Crippen molar-refractivity contribution in [1.82, 2.24) is 14.9 Å². The molecule has 0 saturated carbocycles. The molecule has 166 valence electrons. The molecule has 0 spiro atoms. The van der Waals surface area contributed by atoms with Crippen molar-refractivity contribution in [3.8, 4) is 5.75 Å². The van der Waals surface area contributed by atoms with Crippen molar-refractivity contribution in [2.75, 3.05) is 26.8 Å². The lowest BCUT2D eigenvalue weighted by molar-refractivity contribution is -0.153. The summed E-state index contributed by atoms with van der Waals surface area (Å²) in [6.07, 6.45) is 0.932. The second-order valence-corrected chi connectivity index (χ2v) is 9.10. The molecule has 2 rings (SSSR count). The fourth-order valence-electron chi connectivity index (χ4n) is 2.97. The number of urea groups is 1. The molecule has 1 heterocycles. The number of nitrogens with zero attached hydrogens (tertiary/aromatic N) is 1. The lowest BCUT2D eigenvalue weighted by Crippen LogP contribution is -2.45. The summed E-state index contributed by atoms with van der Waals surface area (Å²) in [6.45, 7) is 3.10. The normalized spacial score (nSPS) is 17.3. The number of carbonyl (C=O) groups is 3. The Balaban J connectivity index is 1.92. The van der Waals surface area contributed by atoms with Crippen molar-refractivity contribution < 1.29 is 32.3 Å². The maximum atomic E-state index is 12.9. The Morgan fingerprint density at radius 2 is 1.87 bits per heavy atom. The van der Waals surface area contributed by atoms with Crippen molar-refractivity contribution in [1.29, 1.82) is 0 Å². The van der Waals surface area contributed by atoms with Crippen LogP contribution < -0.4 is 15.4 Å². The van der Waals surface area contributed by atoms with Crippen LogP contribution >= 0.6 is 0 Å². The van der Waals surface area contributed by atoms with Gasteiger partial charge in [0.1, 0.15) is 5.75 Å². The fraction of sp³-hybridized carbons (Fsp3) is 0.526. The minimum absolute atomic E-state index is 0.0390. The topological polar surface area (TPSA) is 131 Å². The largest absolute Gasteiger partial charge is 0.497 e. The minimum atomic E-state index is -3.77. The molecule has 1 aromatic carbocycles. The molecule has 1 unspecified atom stereocenters. The van der Waals surface area contributed by atoms with Gasteiger partial charge in [0.05, 0.1) is 17.9 Å². The first kappa shape index (κ1) is 23.6. The lowest BCUT2D eigenvalue weighted by Gasteiger charge is -2.30. The van der Waals surface area contributed by atoms with E-state index in [1.165, 1.54) is 23.5 Å². The first-order valence-electron chi connectivity index (χ1n) is 9.54. The third kappa shape index (κ3) is 6.42. The Kier molecular flexibility index (Phi) is 8.18. The minimum Gasteiger partial charge on any atom is -0.497 e. The molecule has 30 heavy (non-hydrogen) atoms. The zero-order valence-electron chi connectivity index (χ0n) is 17.2. The van der Waals surface area contributed by atoms with Gasteiger partial charge in [-0.05, 0) is 51.0 Å². The van der Waals surface area contributed by atoms with Gasteiger partial charge in [-0.25, -0.2) is 13.2 Å². The molecule has 1 aliphatic heterocycles. The highest BCUT2D eigenvalue weighted by atomic mass is 32.2. The van der Waals surface area contributed by atoms with Crippen molar-refractivity contribution in [3.05, 3.63) is 24.3 Å². The highest BCUT2D eigenvalue weighted by molar-refractivity contribution is 7.89. The first-order chi connectivity index (χ1) is 14.1. The molecule has 1 aliphatic rings. The van der Waals surface area contributed by atoms with Crippen LogP contribution in [0.15, 0.2) is 29.2 Å². The molecule has 0 bridgehead atoms. The Bertz CT molecular complexity index is 869. The predicted molar refractivity (Wildman–Crippen MR) is 107 cm³/mol. The number of amides is 3. The number of piperidine rings is 1. The van der Waals surface area contributed by atoms with Crippen molar-refractivity contribution in [2.24, 2.45) is 5.92 Å². The van der Waals surface area contributed by atoms with Crippen molar-refractivity contribution in [3.63, 3.8) is 0 Å². The summed E-state index contributed by atoms with van der Waals surface area (Å²) in [5.41, 5.74) is 0. The average molecular weight is 442 g/mol. The molecule has 1 aromatic rings. The molecule has 1 saturated heterocycles. The van der Waals surface area contributed by atoms with E-state index in [1.54, 1.807) is 26.0 Å². The number of ether oxygens (including phenoxy) is 2. The van der Waals surface area contributed by atoms with Crippen LogP contribution in [-0.4, -0.2) is 63.5 Å². The van der Waals surface area contributed by atoms with E-state index < -0.39 is 40.5 Å². The van der Waals surface area contributed by atoms with Crippen LogP contribution in [0.25, 0.3) is 0 Å². The van der Waals surface area contributed by atoms with Gasteiger partial charge in [-0.2, -0.15) is 4.31 Å². The standard InChI is InChI=1S/C19H27N3O7S/c1-13(2)20-19(25)21-17(23)12-29-18(24)14-5-4-10-22(11-14)30(26,27)16-8-6-15(28-3)7-9-16/h6-9,13-14H,4-5,10-12H2,1-3H3,(H2,20,21,23,25). The predicted octanol–water partition coefficient (Wildman–Crippen LogP) is 0.873. The van der Waals surface area contributed by atoms with Crippen LogP contribution in [0, 0.1) is 5.92 Å². The molecule has 1 atom stereocenters. The quantitative estimate of drug-likeness (QED) is 0.600. The Morgan fingerprint density at radius 1 is 1.20 bits per heavy atom. The summed E-state index contributed by atoms with van der Waals surface area (Å²) >= 11 is 0. The zero-order chi connectivity index (χ0) is 22.3. The van der Waals surface area contributed by atoms with E-state index in [0.717, 1.165) is 0 Å². The second kappa shape index (κ2) is 10.4. The zero-order valence-corrected chi connectivity index (χ0v) is 18.0. The molecule has 1 fully saturated rings. The molecule has 0 radical (unpaired) electrons. The smallest absolute Gasteiger partial charge is 0.321 e. The Hall–Kier alpha value is -2.66. The third-order valence-electron chi connectivity index (χ3n) is 4.43. The number of nitrogens with one attached hydrogen (secondary N) is 2. The molecule has 10 nitrogen and oxygen atoms in total. The summed E-state index contributed by atoms with van der Waals surface area (Å²) in [4.78, 5) is 35.6. The fourth-order valence-corrected chi connectivity index (χ4v) is 4.49. The van der Waals surface area contributed by atoms with E-state index in [2.05, 4.69) is 10.6 Å². The van der Waals surface area contributed by atoms with Crippen LogP contribution in [0.1, 0.15) is 26.7 Å². The van der Waals surface area contributed by atoms with Crippen LogP contribution in [-0.2, 0) is 24.3 Å². The maximum absolute atomic E-state index is 12.9. The van der Waals surface area contributed by atoms with E-state index in [1.807, 2.05) is 0 Å². The highest BCUT2D eigenvalue weighted by Crippen LogP contribution is 2.25. The third-order valence-corrected chi connectivity index (χ3v) is 6.31. The second-order valence-electron chi connectivity index (χ2n) is 7.16. The van der Waals surface area contributed by atoms with Crippen LogP contribution in [0.4, 0.5) is 4.79 Å². The van der Waals surface area contributed by atoms with Gasteiger partial charge in [0.25, 0.3) is 5.91 Å². The summed E-state index contributed by atoms with van der Waals surface area (Å²) in [5, 5.41) is 4.53. The molecule has 0 aromatic heterocycles. The monoisotopic (exact) mass is 441 g/mol. The molecular weight excluding hydrogens is 414 g/mol. The summed E-state index contributed by atoms with van der Waals surface area (Å²) in [7, 11) is -2.29. The van der Waals surface area contributed by atoms with Gasteiger partial charge in [-0.15, -0.1) is 0 Å². The van der Waals surface area contributed by atoms with Gasteiger partial charge in [0.2, 0.25) is 10.0 Å². The number of esters is 1. The summed E-state index contributed by atoms with van der Waals surface area (Å²) < 4.78 is 37.0. The molecule has 11 heteroatoms. The van der Waals surface area contributed by atoms with Gasteiger partial charge >= 0.3 is 12.0 Å². The van der Waals surface area contributed by atoms with Crippen molar-refractivity contribution in [2.45, 2.75) is 37.6 Å². The van der Waals surface area contributed by atoms with Crippen molar-refractivity contribution >= 4 is 27.9 Å². The number of sulfonamides is 1. The number of imide groups is 1. The van der Waals surface area contributed by atoms with E-state index >= 15 is 0 Å². The molecule has 3 amide bonds. The van der Waals surface area contributed by atoms with E-state index in [9.17, 15) is 22.8 Å². The Labute approximate surface area is 176 Å². The number of benzene rings is 1. The SMILES string of the molecule is COc1ccc(S(=O)(=O)N2CCCC(C(=O)OCC(=O)NC(=O)NC(C)C)C2)cc1. The van der Waals surface area contributed by atoms with E-state index in [4.69, 9.17) is 9.47 Å². The number of carbonyl (C=O) groups excluding carboxylic acids is 3. The van der Waals surface area contributed by atoms with E-state index in [-0.39, 0.29) is 24.0 Å². The Morgan fingerprint density at radius 3 is 2.47 bits per heavy atom. The maximum Gasteiger partial charge on any atom is 0.321 e. The van der Waals surface area contributed by atoms with Crippen LogP contribution in [0.2, 0.25) is 0 Å². The average Bonchev–Trinajstić information content (AvgIpc) is 2.71. The van der Waals surface area contributed by atoms with Gasteiger partial charge in [0.15, 0.2) is 6.61 Å². The number of hydrogen-bond donors (Lipinski definition) is 2. The molecule has 2 N–H and O–H groups in total. The number of methoxy groups -OCH3 is 1. The molecular formula is C19H27N3O7S. The highest BCUT2D eigenvalue weighted by Gasteiger charge is 2.34. The lowest BCUT2D eigenvalue weighted by atomic mass is 10.00. The summed E-state index contributed by atoms with van der Waals surface area (Å²) in [6, 6.07) is 5.17. The summed E-state index contributed by atoms with van der Waals surface area (Å²) in [5.74, 6) is -1.59. The molecule has 0 aliphatic carbocycles. The number of hydrogen-bond acceptors (Lipinski definition) is 7. The van der Waals surface area contributed by atoms with Gasteiger partial charge in [-0.3, -0.25) is 14.9 Å². The van der Waals surface area contributed by atoms with Gasteiger partial charge in [0, 0.05) is 19.1 Å².